The zero-order valence-corrected chi connectivity index (χ0v) is 15.5. The normalized spacial score (nSPS) is 11.1. The summed E-state index contributed by atoms with van der Waals surface area (Å²) in [6.07, 6.45) is -1.15. The maximum atomic E-state index is 12.3. The number of carbonyl (C=O) groups is 2. The molecule has 0 saturated carbocycles. The molecule has 0 aliphatic heterocycles. The van der Waals surface area contributed by atoms with E-state index < -0.39 is 22.9 Å². The zero-order chi connectivity index (χ0) is 20.8. The van der Waals surface area contributed by atoms with Crippen LogP contribution in [0.15, 0.2) is 42.5 Å². The molecule has 0 aromatic heterocycles. The highest BCUT2D eigenvalue weighted by Gasteiger charge is 2.23. The topological polar surface area (TPSA) is 126 Å². The fourth-order valence-corrected chi connectivity index (χ4v) is 2.37. The first-order chi connectivity index (χ1) is 13.2. The van der Waals surface area contributed by atoms with Gasteiger partial charge in [-0.2, -0.15) is 5.26 Å². The van der Waals surface area contributed by atoms with Gasteiger partial charge in [0.2, 0.25) is 0 Å². The second kappa shape index (κ2) is 8.64. The monoisotopic (exact) mass is 382 g/mol. The van der Waals surface area contributed by atoms with Crippen molar-refractivity contribution < 1.29 is 19.2 Å². The van der Waals surface area contributed by atoms with Gasteiger partial charge in [0.15, 0.2) is 6.10 Å². The number of nitrogens with one attached hydrogen (secondary N) is 1. The summed E-state index contributed by atoms with van der Waals surface area (Å²) in [4.78, 5) is 36.7. The van der Waals surface area contributed by atoms with E-state index in [1.54, 1.807) is 37.2 Å². The van der Waals surface area contributed by atoms with E-state index in [2.05, 4.69) is 5.32 Å². The first kappa shape index (κ1) is 20.4. The maximum absolute atomic E-state index is 12.3. The van der Waals surface area contributed by atoms with E-state index in [1.165, 1.54) is 25.1 Å². The first-order valence-electron chi connectivity index (χ1n) is 8.20. The Labute approximate surface area is 161 Å². The van der Waals surface area contributed by atoms with Gasteiger partial charge >= 0.3 is 5.97 Å². The number of amides is 1. The third-order valence-corrected chi connectivity index (χ3v) is 3.80. The summed E-state index contributed by atoms with van der Waals surface area (Å²) in [5.41, 5.74) is 0.812. The van der Waals surface area contributed by atoms with Gasteiger partial charge in [-0.05, 0) is 37.3 Å². The molecule has 0 aliphatic carbocycles. The van der Waals surface area contributed by atoms with Gasteiger partial charge in [-0.25, -0.2) is 4.79 Å². The molecule has 0 heterocycles. The largest absolute Gasteiger partial charge is 0.449 e. The van der Waals surface area contributed by atoms with Gasteiger partial charge in [0.05, 0.1) is 22.1 Å². The minimum absolute atomic E-state index is 0.0385. The summed E-state index contributed by atoms with van der Waals surface area (Å²) in [6, 6.07) is 12.2. The van der Waals surface area contributed by atoms with Crippen LogP contribution in [0.5, 0.6) is 0 Å². The summed E-state index contributed by atoms with van der Waals surface area (Å²) in [5, 5.41) is 22.7. The number of nitro groups is 1. The molecule has 0 aliphatic rings. The van der Waals surface area contributed by atoms with Gasteiger partial charge in [-0.15, -0.1) is 0 Å². The lowest BCUT2D eigenvalue weighted by molar-refractivity contribution is -0.384. The minimum Gasteiger partial charge on any atom is -0.449 e. The lowest BCUT2D eigenvalue weighted by Crippen LogP contribution is -2.30. The van der Waals surface area contributed by atoms with Crippen molar-refractivity contribution in [3.05, 3.63) is 63.7 Å². The van der Waals surface area contributed by atoms with Gasteiger partial charge in [0.1, 0.15) is 5.69 Å². The Bertz CT molecular complexity index is 965. The molecule has 28 heavy (non-hydrogen) atoms. The maximum Gasteiger partial charge on any atom is 0.339 e. The van der Waals surface area contributed by atoms with Crippen molar-refractivity contribution in [2.24, 2.45) is 0 Å². The number of nitriles is 1. The van der Waals surface area contributed by atoms with Crippen LogP contribution in [0.2, 0.25) is 0 Å². The van der Waals surface area contributed by atoms with Gasteiger partial charge in [0, 0.05) is 25.8 Å². The Morgan fingerprint density at radius 2 is 1.96 bits per heavy atom. The van der Waals surface area contributed by atoms with Crippen LogP contribution < -0.4 is 10.2 Å². The van der Waals surface area contributed by atoms with E-state index >= 15 is 0 Å². The molecule has 2 rings (SSSR count). The molecule has 0 fully saturated rings. The van der Waals surface area contributed by atoms with Crippen LogP contribution in [-0.2, 0) is 9.53 Å². The van der Waals surface area contributed by atoms with E-state index in [4.69, 9.17) is 10.00 Å². The number of nitro benzene ring substituents is 1. The summed E-state index contributed by atoms with van der Waals surface area (Å²) >= 11 is 0. The number of benzene rings is 2. The molecule has 0 unspecified atom stereocenters. The number of carbonyl (C=O) groups excluding carboxylic acids is 2. The molecule has 0 spiro atoms. The first-order valence-corrected chi connectivity index (χ1v) is 8.20. The number of hydrogen-bond acceptors (Lipinski definition) is 7. The van der Waals surface area contributed by atoms with Crippen LogP contribution in [0.3, 0.4) is 0 Å². The zero-order valence-electron chi connectivity index (χ0n) is 15.5. The average molecular weight is 382 g/mol. The highest BCUT2D eigenvalue weighted by Crippen LogP contribution is 2.28. The highest BCUT2D eigenvalue weighted by molar-refractivity contribution is 5.98. The fourth-order valence-electron chi connectivity index (χ4n) is 2.37. The van der Waals surface area contributed by atoms with Crippen molar-refractivity contribution in [1.29, 1.82) is 5.26 Å². The third-order valence-electron chi connectivity index (χ3n) is 3.80. The van der Waals surface area contributed by atoms with Crippen LogP contribution in [-0.4, -0.2) is 37.0 Å². The highest BCUT2D eigenvalue weighted by atomic mass is 16.6. The molecule has 0 radical (unpaired) electrons. The SMILES string of the molecule is C[C@H](OC(=O)c1ccc(N(C)C)c([N+](=O)[O-])c1)C(=O)Nc1cccc(C#N)c1. The van der Waals surface area contributed by atoms with Gasteiger partial charge < -0.3 is 15.0 Å². The Hall–Kier alpha value is -3.93. The van der Waals surface area contributed by atoms with Gasteiger partial charge in [-0.3, -0.25) is 14.9 Å². The molecule has 0 saturated heterocycles. The third kappa shape index (κ3) is 4.82. The molecule has 0 bridgehead atoms. The summed E-state index contributed by atoms with van der Waals surface area (Å²) < 4.78 is 5.11. The van der Waals surface area contributed by atoms with E-state index in [1.807, 2.05) is 6.07 Å². The van der Waals surface area contributed by atoms with Crippen molar-refractivity contribution in [2.75, 3.05) is 24.3 Å². The Balaban J connectivity index is 2.11. The molecule has 9 nitrogen and oxygen atoms in total. The second-order valence-corrected chi connectivity index (χ2v) is 6.08. The van der Waals surface area contributed by atoms with E-state index in [0.29, 0.717) is 16.9 Å². The second-order valence-electron chi connectivity index (χ2n) is 6.08. The van der Waals surface area contributed by atoms with Crippen molar-refractivity contribution in [3.63, 3.8) is 0 Å². The van der Waals surface area contributed by atoms with Gasteiger partial charge in [0.25, 0.3) is 11.6 Å². The Morgan fingerprint density at radius 3 is 2.57 bits per heavy atom. The predicted octanol–water partition coefficient (Wildman–Crippen LogP) is 2.72. The van der Waals surface area contributed by atoms with E-state index in [0.717, 1.165) is 6.07 Å². The van der Waals surface area contributed by atoms with Crippen molar-refractivity contribution >= 4 is 28.9 Å². The lowest BCUT2D eigenvalue weighted by atomic mass is 10.1. The number of anilines is 2. The molecular formula is C19H18N4O5. The van der Waals surface area contributed by atoms with Crippen molar-refractivity contribution in [1.82, 2.24) is 0 Å². The van der Waals surface area contributed by atoms with Crippen LogP contribution in [0.4, 0.5) is 17.1 Å². The molecule has 9 heteroatoms. The fraction of sp³-hybridized carbons (Fsp3) is 0.211. The minimum atomic E-state index is -1.15. The average Bonchev–Trinajstić information content (AvgIpc) is 2.67. The molecule has 1 atom stereocenters. The summed E-state index contributed by atoms with van der Waals surface area (Å²) in [7, 11) is 3.29. The smallest absolute Gasteiger partial charge is 0.339 e. The Morgan fingerprint density at radius 1 is 1.25 bits per heavy atom. The van der Waals surface area contributed by atoms with Crippen LogP contribution in [0.1, 0.15) is 22.8 Å². The molecule has 1 N–H and O–H groups in total. The molecular weight excluding hydrogens is 364 g/mol. The summed E-state index contributed by atoms with van der Waals surface area (Å²) in [5.74, 6) is -1.45. The molecule has 144 valence electrons. The summed E-state index contributed by atoms with van der Waals surface area (Å²) in [6.45, 7) is 1.38. The van der Waals surface area contributed by atoms with Crippen molar-refractivity contribution in [3.8, 4) is 6.07 Å². The van der Waals surface area contributed by atoms with Crippen LogP contribution >= 0.6 is 0 Å². The van der Waals surface area contributed by atoms with Crippen LogP contribution in [0.25, 0.3) is 0 Å². The molecule has 2 aromatic carbocycles. The van der Waals surface area contributed by atoms with E-state index in [9.17, 15) is 19.7 Å². The van der Waals surface area contributed by atoms with Crippen molar-refractivity contribution in [2.45, 2.75) is 13.0 Å². The van der Waals surface area contributed by atoms with Gasteiger partial charge in [-0.1, -0.05) is 6.07 Å². The quantitative estimate of drug-likeness (QED) is 0.462. The lowest BCUT2D eigenvalue weighted by Gasteiger charge is -2.15. The number of hydrogen-bond donors (Lipinski definition) is 1. The number of esters is 1. The van der Waals surface area contributed by atoms with E-state index in [-0.39, 0.29) is 11.3 Å². The Kier molecular flexibility index (Phi) is 6.29. The number of ether oxygens (including phenoxy) is 1. The predicted molar refractivity (Wildman–Crippen MR) is 102 cm³/mol. The molecule has 1 amide bonds. The number of rotatable bonds is 6. The standard InChI is InChI=1S/C19H18N4O5/c1-12(18(24)21-15-6-4-5-13(9-15)11-20)28-19(25)14-7-8-16(22(2)3)17(10-14)23(26)27/h4-10,12H,1-3H3,(H,21,24)/t12-/m0/s1. The van der Waals surface area contributed by atoms with Crippen LogP contribution in [0, 0.1) is 21.4 Å². The number of nitrogens with zero attached hydrogens (tertiary/aromatic N) is 3. The molecule has 2 aromatic rings.